The summed E-state index contributed by atoms with van der Waals surface area (Å²) in [4.78, 5) is 8.27. The molecule has 33 heavy (non-hydrogen) atoms. The van der Waals surface area contributed by atoms with Crippen molar-refractivity contribution in [2.24, 2.45) is 16.8 Å². The quantitative estimate of drug-likeness (QED) is 0.199. The average Bonchev–Trinajstić information content (AvgIpc) is 3.28. The van der Waals surface area contributed by atoms with Crippen molar-refractivity contribution in [2.45, 2.75) is 12.7 Å². The molecule has 0 bridgehead atoms. The topological polar surface area (TPSA) is 124 Å². The molecule has 1 aliphatic rings. The van der Waals surface area contributed by atoms with Crippen molar-refractivity contribution in [3.05, 3.63) is 65.5 Å². The van der Waals surface area contributed by atoms with Gasteiger partial charge >= 0.3 is 6.18 Å². The van der Waals surface area contributed by atoms with Gasteiger partial charge in [-0.05, 0) is 17.7 Å². The number of nitrogens with two attached hydrogens (primary N) is 2. The van der Waals surface area contributed by atoms with Gasteiger partial charge in [-0.1, -0.05) is 24.3 Å². The van der Waals surface area contributed by atoms with Crippen LogP contribution in [0.1, 0.15) is 16.7 Å². The van der Waals surface area contributed by atoms with Gasteiger partial charge in [-0.15, -0.1) is 0 Å². The zero-order valence-electron chi connectivity index (χ0n) is 17.7. The number of benzene rings is 1. The molecule has 0 unspecified atom stereocenters. The first-order valence-corrected chi connectivity index (χ1v) is 10.3. The molecule has 0 atom stereocenters. The van der Waals surface area contributed by atoms with Gasteiger partial charge in [0.1, 0.15) is 5.82 Å². The number of alkyl halides is 3. The Balaban J connectivity index is 1.38. The van der Waals surface area contributed by atoms with Gasteiger partial charge in [-0.2, -0.15) is 23.4 Å². The number of H-pyrrole nitrogens is 1. The fourth-order valence-corrected chi connectivity index (χ4v) is 3.79. The second-order valence-electron chi connectivity index (χ2n) is 7.64. The van der Waals surface area contributed by atoms with E-state index in [1.54, 1.807) is 6.20 Å². The number of aromatic nitrogens is 3. The maximum atomic E-state index is 12.8. The number of amidine groups is 1. The number of nitrogens with zero attached hydrogens (tertiary/aromatic N) is 5. The maximum Gasteiger partial charge on any atom is 0.417 e. The lowest BCUT2D eigenvalue weighted by Crippen LogP contribution is -2.46. The van der Waals surface area contributed by atoms with E-state index in [0.717, 1.165) is 47.7 Å². The Morgan fingerprint density at radius 3 is 2.36 bits per heavy atom. The zero-order chi connectivity index (χ0) is 23.4. The van der Waals surface area contributed by atoms with Crippen LogP contribution in [-0.2, 0) is 12.7 Å². The van der Waals surface area contributed by atoms with Crippen LogP contribution in [0.5, 0.6) is 0 Å². The largest absolute Gasteiger partial charge is 0.417 e. The van der Waals surface area contributed by atoms with E-state index in [2.05, 4.69) is 30.6 Å². The Morgan fingerprint density at radius 2 is 1.79 bits per heavy atom. The van der Waals surface area contributed by atoms with Crippen molar-refractivity contribution in [3.8, 4) is 11.3 Å². The highest BCUT2D eigenvalue weighted by Crippen LogP contribution is 2.29. The highest BCUT2D eigenvalue weighted by Gasteiger charge is 2.31. The number of pyridine rings is 1. The molecule has 6 N–H and O–H groups in total. The number of aromatic amines is 1. The second-order valence-corrected chi connectivity index (χ2v) is 7.64. The normalized spacial score (nSPS) is 15.6. The molecule has 3 aromatic rings. The molecule has 1 fully saturated rings. The molecule has 1 aromatic carbocycles. The summed E-state index contributed by atoms with van der Waals surface area (Å²) in [6.45, 7) is 3.55. The molecule has 2 aromatic heterocycles. The standard InChI is InChI=1S/C21H24F3N9/c22-21(23,24)17-5-6-18(27-12-17)33-9-7-32(8-10-33)13-16-11-28-31-19(16)14-1-3-15(4-2-14)20(29-25)30-26/h1-6,11-12H,7-10,13,25-26H2,(H,28,31)(H,29,30). The van der Waals surface area contributed by atoms with Crippen molar-refractivity contribution in [2.75, 3.05) is 31.1 Å². The van der Waals surface area contributed by atoms with Gasteiger partial charge in [0.25, 0.3) is 0 Å². The van der Waals surface area contributed by atoms with Crippen LogP contribution >= 0.6 is 0 Å². The third kappa shape index (κ3) is 5.07. The number of rotatable bonds is 5. The van der Waals surface area contributed by atoms with Gasteiger partial charge in [-0.3, -0.25) is 10.00 Å². The minimum absolute atomic E-state index is 0.381. The number of halogens is 3. The average molecular weight is 459 g/mol. The van der Waals surface area contributed by atoms with Crippen molar-refractivity contribution < 1.29 is 13.2 Å². The van der Waals surface area contributed by atoms with Crippen molar-refractivity contribution in [3.63, 3.8) is 0 Å². The molecule has 0 amide bonds. The summed E-state index contributed by atoms with van der Waals surface area (Å²) in [5.41, 5.74) is 5.41. The third-order valence-electron chi connectivity index (χ3n) is 5.60. The van der Waals surface area contributed by atoms with E-state index in [1.807, 2.05) is 29.2 Å². The predicted octanol–water partition coefficient (Wildman–Crippen LogP) is 1.90. The van der Waals surface area contributed by atoms with Crippen LogP contribution < -0.4 is 22.0 Å². The van der Waals surface area contributed by atoms with Crippen LogP contribution in [0, 0.1) is 0 Å². The molecule has 0 radical (unpaired) electrons. The monoisotopic (exact) mass is 459 g/mol. The number of hydrazone groups is 1. The molecular weight excluding hydrogens is 435 g/mol. The minimum Gasteiger partial charge on any atom is -0.354 e. The van der Waals surface area contributed by atoms with Crippen molar-refractivity contribution in [1.29, 1.82) is 0 Å². The third-order valence-corrected chi connectivity index (χ3v) is 5.60. The number of nitrogens with one attached hydrogen (secondary N) is 2. The number of anilines is 1. The van der Waals surface area contributed by atoms with Crippen molar-refractivity contribution in [1.82, 2.24) is 25.5 Å². The molecular formula is C21H24F3N9. The van der Waals surface area contributed by atoms with Gasteiger partial charge in [0.15, 0.2) is 5.84 Å². The van der Waals surface area contributed by atoms with Crippen LogP contribution in [0.15, 0.2) is 53.9 Å². The van der Waals surface area contributed by atoms with Crippen molar-refractivity contribution >= 4 is 11.7 Å². The highest BCUT2D eigenvalue weighted by molar-refractivity contribution is 5.98. The fraction of sp³-hybridized carbons (Fsp3) is 0.286. The van der Waals surface area contributed by atoms with E-state index in [-0.39, 0.29) is 0 Å². The van der Waals surface area contributed by atoms with Gasteiger partial charge in [0, 0.05) is 50.0 Å². The molecule has 1 aliphatic heterocycles. The smallest absolute Gasteiger partial charge is 0.354 e. The van der Waals surface area contributed by atoms with E-state index in [1.165, 1.54) is 6.07 Å². The first kappa shape index (κ1) is 22.6. The van der Waals surface area contributed by atoms with Gasteiger partial charge < -0.3 is 16.2 Å². The summed E-state index contributed by atoms with van der Waals surface area (Å²) in [6, 6.07) is 10.1. The van der Waals surface area contributed by atoms with Crippen LogP contribution in [-0.4, -0.2) is 52.1 Å². The van der Waals surface area contributed by atoms with Gasteiger partial charge in [0.05, 0.1) is 17.5 Å². The molecule has 3 heterocycles. The molecule has 0 aliphatic carbocycles. The summed E-state index contributed by atoms with van der Waals surface area (Å²) in [5, 5.41) is 10.9. The first-order valence-electron chi connectivity index (χ1n) is 10.3. The van der Waals surface area contributed by atoms with Gasteiger partial charge in [0.2, 0.25) is 0 Å². The summed E-state index contributed by atoms with van der Waals surface area (Å²) < 4.78 is 38.3. The lowest BCUT2D eigenvalue weighted by atomic mass is 10.0. The molecule has 0 saturated carbocycles. The summed E-state index contributed by atoms with van der Waals surface area (Å²) in [5.74, 6) is 11.7. The zero-order valence-corrected chi connectivity index (χ0v) is 17.7. The molecule has 12 heteroatoms. The van der Waals surface area contributed by atoms with Crippen LogP contribution in [0.3, 0.4) is 0 Å². The fourth-order valence-electron chi connectivity index (χ4n) is 3.79. The first-order chi connectivity index (χ1) is 15.9. The summed E-state index contributed by atoms with van der Waals surface area (Å²) >= 11 is 0. The SMILES string of the molecule is N/N=C(\NN)c1ccc(-c2[nH]ncc2CN2CCN(c3ccc(C(F)(F)F)cn3)CC2)cc1. The van der Waals surface area contributed by atoms with Crippen LogP contribution in [0.25, 0.3) is 11.3 Å². The minimum atomic E-state index is -4.38. The highest BCUT2D eigenvalue weighted by atomic mass is 19.4. The number of piperazine rings is 1. The Kier molecular flexibility index (Phi) is 6.47. The molecule has 174 valence electrons. The molecule has 4 rings (SSSR count). The lowest BCUT2D eigenvalue weighted by molar-refractivity contribution is -0.137. The van der Waals surface area contributed by atoms with E-state index in [0.29, 0.717) is 31.3 Å². The lowest BCUT2D eigenvalue weighted by Gasteiger charge is -2.35. The van der Waals surface area contributed by atoms with E-state index in [4.69, 9.17) is 11.7 Å². The van der Waals surface area contributed by atoms with Crippen LogP contribution in [0.4, 0.5) is 19.0 Å². The van der Waals surface area contributed by atoms with E-state index >= 15 is 0 Å². The summed E-state index contributed by atoms with van der Waals surface area (Å²) in [6.07, 6.45) is -1.69. The molecule has 9 nitrogen and oxygen atoms in total. The van der Waals surface area contributed by atoms with E-state index < -0.39 is 11.7 Å². The number of hydrogen-bond acceptors (Lipinski definition) is 7. The molecule has 0 spiro atoms. The number of hydrazine groups is 1. The number of hydrogen-bond donors (Lipinski definition) is 4. The maximum absolute atomic E-state index is 12.8. The summed E-state index contributed by atoms with van der Waals surface area (Å²) in [7, 11) is 0. The Labute approximate surface area is 188 Å². The second kappa shape index (κ2) is 9.46. The van der Waals surface area contributed by atoms with Crippen LogP contribution in [0.2, 0.25) is 0 Å². The van der Waals surface area contributed by atoms with Gasteiger partial charge in [-0.25, -0.2) is 10.8 Å². The Morgan fingerprint density at radius 1 is 1.06 bits per heavy atom. The Hall–Kier alpha value is -3.64. The predicted molar refractivity (Wildman–Crippen MR) is 119 cm³/mol. The van der Waals surface area contributed by atoms with E-state index in [9.17, 15) is 13.2 Å². The Bertz CT molecular complexity index is 1080. The molecule has 1 saturated heterocycles.